The molecular formula is C33H46N4O5. The quantitative estimate of drug-likeness (QED) is 0.375. The number of hydrogen-bond acceptors (Lipinski definition) is 6. The fourth-order valence-electron chi connectivity index (χ4n) is 7.49. The van der Waals surface area contributed by atoms with Crippen LogP contribution in [0, 0.1) is 29.1 Å². The molecule has 3 amide bonds. The zero-order chi connectivity index (χ0) is 30.3. The van der Waals surface area contributed by atoms with Crippen LogP contribution in [0.4, 0.5) is 10.5 Å². The predicted octanol–water partition coefficient (Wildman–Crippen LogP) is 4.11. The highest BCUT2D eigenvalue weighted by atomic mass is 16.7. The molecule has 0 aromatic heterocycles. The van der Waals surface area contributed by atoms with Crippen LogP contribution in [0.15, 0.2) is 48.5 Å². The SMILES string of the molecule is C[C@@H]1C(NC(=O)[C@@H]2[C@H]([C@H](C)O)[C@H](CO)ON2Cc2cccc(-c3ccc(NC(=O)N(C)C)cc3)c2)C[C@@H]2CC1C2(C)C. The molecular weight excluding hydrogens is 532 g/mol. The van der Waals surface area contributed by atoms with Gasteiger partial charge in [-0.1, -0.05) is 51.1 Å². The van der Waals surface area contributed by atoms with Gasteiger partial charge in [-0.2, -0.15) is 5.06 Å². The summed E-state index contributed by atoms with van der Waals surface area (Å²) in [5.74, 6) is 0.866. The van der Waals surface area contributed by atoms with Crippen molar-refractivity contribution in [1.82, 2.24) is 15.3 Å². The Kier molecular flexibility index (Phi) is 8.67. The van der Waals surface area contributed by atoms with E-state index in [4.69, 9.17) is 4.84 Å². The Morgan fingerprint density at radius 1 is 1.12 bits per heavy atom. The van der Waals surface area contributed by atoms with E-state index in [1.165, 1.54) is 11.3 Å². The number of benzene rings is 2. The van der Waals surface area contributed by atoms with E-state index in [0.717, 1.165) is 23.1 Å². The number of urea groups is 1. The molecule has 2 aromatic rings. The molecule has 228 valence electrons. The van der Waals surface area contributed by atoms with Crippen molar-refractivity contribution >= 4 is 17.6 Å². The Morgan fingerprint density at radius 2 is 1.83 bits per heavy atom. The highest BCUT2D eigenvalue weighted by Gasteiger charge is 2.57. The second-order valence-electron chi connectivity index (χ2n) is 13.3. The lowest BCUT2D eigenvalue weighted by molar-refractivity contribution is -0.183. The number of aliphatic hydroxyl groups is 2. The highest BCUT2D eigenvalue weighted by Crippen LogP contribution is 2.61. The summed E-state index contributed by atoms with van der Waals surface area (Å²) in [4.78, 5) is 33.5. The van der Waals surface area contributed by atoms with E-state index in [2.05, 4.69) is 31.4 Å². The predicted molar refractivity (Wildman–Crippen MR) is 162 cm³/mol. The largest absolute Gasteiger partial charge is 0.394 e. The third-order valence-corrected chi connectivity index (χ3v) is 10.2. The van der Waals surface area contributed by atoms with Crippen molar-refractivity contribution in [3.8, 4) is 11.1 Å². The molecule has 0 radical (unpaired) electrons. The summed E-state index contributed by atoms with van der Waals surface area (Å²) < 4.78 is 0. The van der Waals surface area contributed by atoms with Gasteiger partial charge >= 0.3 is 6.03 Å². The van der Waals surface area contributed by atoms with Gasteiger partial charge in [0.25, 0.3) is 0 Å². The monoisotopic (exact) mass is 578 g/mol. The van der Waals surface area contributed by atoms with E-state index in [1.54, 1.807) is 26.1 Å². The third-order valence-electron chi connectivity index (χ3n) is 10.2. The maximum Gasteiger partial charge on any atom is 0.321 e. The number of anilines is 1. The van der Waals surface area contributed by atoms with Crippen LogP contribution in [-0.2, 0) is 16.2 Å². The molecule has 1 aliphatic heterocycles. The van der Waals surface area contributed by atoms with Gasteiger partial charge in [0.05, 0.1) is 19.3 Å². The average Bonchev–Trinajstić information content (AvgIpc) is 3.32. The number of aliphatic hydroxyl groups excluding tert-OH is 2. The first-order chi connectivity index (χ1) is 19.9. The van der Waals surface area contributed by atoms with E-state index in [0.29, 0.717) is 35.4 Å². The molecule has 4 aliphatic rings. The van der Waals surface area contributed by atoms with Crippen molar-refractivity contribution in [2.45, 2.75) is 71.4 Å². The van der Waals surface area contributed by atoms with Gasteiger partial charge in [0.2, 0.25) is 5.91 Å². The second-order valence-corrected chi connectivity index (χ2v) is 13.3. The van der Waals surface area contributed by atoms with Gasteiger partial charge in [0, 0.05) is 31.7 Å². The smallest absolute Gasteiger partial charge is 0.321 e. The molecule has 42 heavy (non-hydrogen) atoms. The number of nitrogens with zero attached hydrogens (tertiary/aromatic N) is 2. The number of hydroxylamine groups is 2. The van der Waals surface area contributed by atoms with Crippen LogP contribution in [-0.4, -0.2) is 77.1 Å². The summed E-state index contributed by atoms with van der Waals surface area (Å²) >= 11 is 0. The molecule has 4 fully saturated rings. The molecule has 2 aromatic carbocycles. The van der Waals surface area contributed by atoms with Crippen LogP contribution < -0.4 is 10.6 Å². The van der Waals surface area contributed by atoms with Crippen LogP contribution in [0.2, 0.25) is 0 Å². The lowest BCUT2D eigenvalue weighted by Crippen LogP contribution is -2.62. The molecule has 3 aliphatic carbocycles. The standard InChI is InChI=1S/C33H46N4O5/c1-19-26-15-24(33(26,3)4)16-27(19)35-31(40)30-29(20(2)39)28(18-38)42-37(30)17-21-8-7-9-23(14-21)22-10-12-25(13-11-22)34-32(41)36(5)6/h7-14,19-20,24,26-30,38-39H,15-18H2,1-6H3,(H,34,41)(H,35,40)/t19-,20-,24-,26?,27?,28-,29+,30-/m0/s1. The van der Waals surface area contributed by atoms with Crippen LogP contribution in [0.5, 0.6) is 0 Å². The van der Waals surface area contributed by atoms with Crippen LogP contribution in [0.25, 0.3) is 11.1 Å². The van der Waals surface area contributed by atoms with Gasteiger partial charge in [0.15, 0.2) is 0 Å². The molecule has 9 heteroatoms. The maximum absolute atomic E-state index is 13.9. The lowest BCUT2D eigenvalue weighted by atomic mass is 9.45. The number of fused-ring (bicyclic) bond motifs is 2. The normalized spacial score (nSPS) is 30.7. The number of carbonyl (C=O) groups is 2. The Balaban J connectivity index is 1.32. The van der Waals surface area contributed by atoms with Crippen molar-refractivity contribution < 1.29 is 24.6 Å². The van der Waals surface area contributed by atoms with Crippen molar-refractivity contribution in [2.24, 2.45) is 29.1 Å². The first-order valence-corrected chi connectivity index (χ1v) is 15.1. The number of nitrogens with one attached hydrogen (secondary N) is 2. The van der Waals surface area contributed by atoms with E-state index in [1.807, 2.05) is 48.5 Å². The Bertz CT molecular complexity index is 1280. The first-order valence-electron chi connectivity index (χ1n) is 15.1. The van der Waals surface area contributed by atoms with E-state index in [-0.39, 0.29) is 24.6 Å². The minimum atomic E-state index is -0.836. The zero-order valence-corrected chi connectivity index (χ0v) is 25.6. The van der Waals surface area contributed by atoms with Crippen LogP contribution in [0.1, 0.15) is 46.1 Å². The summed E-state index contributed by atoms with van der Waals surface area (Å²) in [6.45, 7) is 8.62. The van der Waals surface area contributed by atoms with Crippen LogP contribution >= 0.6 is 0 Å². The molecule has 2 unspecified atom stereocenters. The third kappa shape index (κ3) is 5.80. The second kappa shape index (κ2) is 12.0. The molecule has 9 nitrogen and oxygen atoms in total. The number of rotatable bonds is 8. The molecule has 2 bridgehead atoms. The van der Waals surface area contributed by atoms with E-state index in [9.17, 15) is 19.8 Å². The van der Waals surface area contributed by atoms with Gasteiger partial charge in [-0.05, 0) is 77.8 Å². The van der Waals surface area contributed by atoms with Gasteiger partial charge in [-0.15, -0.1) is 0 Å². The molecule has 3 saturated carbocycles. The summed E-state index contributed by atoms with van der Waals surface area (Å²) in [6, 6.07) is 14.8. The van der Waals surface area contributed by atoms with Gasteiger partial charge in [-0.3, -0.25) is 9.63 Å². The topological polar surface area (TPSA) is 114 Å². The lowest BCUT2D eigenvalue weighted by Gasteiger charge is -2.62. The molecule has 1 heterocycles. The van der Waals surface area contributed by atoms with E-state index >= 15 is 0 Å². The Labute approximate surface area is 249 Å². The number of hydrogen-bond donors (Lipinski definition) is 4. The van der Waals surface area contributed by atoms with Gasteiger partial charge < -0.3 is 25.7 Å². The van der Waals surface area contributed by atoms with Gasteiger partial charge in [-0.25, -0.2) is 4.79 Å². The average molecular weight is 579 g/mol. The zero-order valence-electron chi connectivity index (χ0n) is 25.6. The summed E-state index contributed by atoms with van der Waals surface area (Å²) in [5.41, 5.74) is 3.94. The van der Waals surface area contributed by atoms with Crippen molar-refractivity contribution in [3.63, 3.8) is 0 Å². The molecule has 6 rings (SSSR count). The minimum Gasteiger partial charge on any atom is -0.394 e. The molecule has 4 N–H and O–H groups in total. The Morgan fingerprint density at radius 3 is 2.43 bits per heavy atom. The van der Waals surface area contributed by atoms with Crippen molar-refractivity contribution in [3.05, 3.63) is 54.1 Å². The van der Waals surface area contributed by atoms with Gasteiger partial charge in [0.1, 0.15) is 12.1 Å². The summed E-state index contributed by atoms with van der Waals surface area (Å²) in [6.07, 6.45) is 0.681. The summed E-state index contributed by atoms with van der Waals surface area (Å²) in [5, 5.41) is 28.6. The van der Waals surface area contributed by atoms with Crippen molar-refractivity contribution in [1.29, 1.82) is 0 Å². The fourth-order valence-corrected chi connectivity index (χ4v) is 7.49. The maximum atomic E-state index is 13.9. The Hall–Kier alpha value is -2.98. The molecule has 8 atom stereocenters. The molecule has 0 spiro atoms. The molecule has 1 saturated heterocycles. The number of carbonyl (C=O) groups excluding carboxylic acids is 2. The number of amides is 3. The fraction of sp³-hybridized carbons (Fsp3) is 0.576. The highest BCUT2D eigenvalue weighted by molar-refractivity contribution is 5.89. The van der Waals surface area contributed by atoms with Crippen LogP contribution in [0.3, 0.4) is 0 Å². The van der Waals surface area contributed by atoms with Crippen molar-refractivity contribution in [2.75, 3.05) is 26.0 Å². The first kappa shape index (κ1) is 30.5. The summed E-state index contributed by atoms with van der Waals surface area (Å²) in [7, 11) is 3.39. The van der Waals surface area contributed by atoms with E-state index < -0.39 is 24.2 Å². The minimum absolute atomic E-state index is 0.0905.